The molecule has 21 heavy (non-hydrogen) atoms. The highest BCUT2D eigenvalue weighted by Crippen LogP contribution is 2.27. The summed E-state index contributed by atoms with van der Waals surface area (Å²) in [6.45, 7) is 3.76. The van der Waals surface area contributed by atoms with Crippen molar-refractivity contribution in [3.8, 4) is 17.2 Å². The zero-order chi connectivity index (χ0) is 15.0. The van der Waals surface area contributed by atoms with Crippen LogP contribution >= 0.6 is 0 Å². The highest BCUT2D eigenvalue weighted by Gasteiger charge is 2.14. The molecule has 5 nitrogen and oxygen atoms in total. The molecule has 0 saturated heterocycles. The van der Waals surface area contributed by atoms with E-state index in [9.17, 15) is 4.39 Å². The Bertz CT molecular complexity index is 789. The van der Waals surface area contributed by atoms with Gasteiger partial charge in [0.2, 0.25) is 0 Å². The smallest absolute Gasteiger partial charge is 0.251 e. The van der Waals surface area contributed by atoms with Gasteiger partial charge in [0, 0.05) is 17.0 Å². The summed E-state index contributed by atoms with van der Waals surface area (Å²) in [5.41, 5.74) is 8.74. The molecule has 1 aromatic carbocycles. The highest BCUT2D eigenvalue weighted by molar-refractivity contribution is 5.72. The van der Waals surface area contributed by atoms with Gasteiger partial charge in [-0.25, -0.2) is 19.0 Å². The van der Waals surface area contributed by atoms with Gasteiger partial charge in [0.25, 0.3) is 5.95 Å². The third-order valence-electron chi connectivity index (χ3n) is 3.05. The maximum atomic E-state index is 13.9. The first-order valence-electron chi connectivity index (χ1n) is 6.47. The van der Waals surface area contributed by atoms with Crippen LogP contribution < -0.4 is 5.73 Å². The van der Waals surface area contributed by atoms with Crippen molar-refractivity contribution in [1.29, 1.82) is 0 Å². The lowest BCUT2D eigenvalue weighted by Crippen LogP contribution is -2.04. The van der Waals surface area contributed by atoms with Crippen LogP contribution in [-0.2, 0) is 0 Å². The number of halogens is 1. The lowest BCUT2D eigenvalue weighted by Gasteiger charge is -2.02. The first-order chi connectivity index (χ1) is 10.0. The second-order valence-corrected chi connectivity index (χ2v) is 4.81. The summed E-state index contributed by atoms with van der Waals surface area (Å²) in [5, 5.41) is 4.32. The molecule has 106 valence electrons. The predicted molar refractivity (Wildman–Crippen MR) is 78.4 cm³/mol. The monoisotopic (exact) mass is 283 g/mol. The average Bonchev–Trinajstić information content (AvgIpc) is 2.80. The Morgan fingerprint density at radius 3 is 2.43 bits per heavy atom. The minimum atomic E-state index is -0.365. The molecular weight excluding hydrogens is 269 g/mol. The highest BCUT2D eigenvalue weighted by atomic mass is 19.1. The van der Waals surface area contributed by atoms with Crippen molar-refractivity contribution in [1.82, 2.24) is 19.7 Å². The number of nitrogens with zero attached hydrogens (tertiary/aromatic N) is 4. The quantitative estimate of drug-likeness (QED) is 0.785. The van der Waals surface area contributed by atoms with Crippen molar-refractivity contribution in [2.24, 2.45) is 0 Å². The van der Waals surface area contributed by atoms with Crippen LogP contribution in [0.1, 0.15) is 11.4 Å². The average molecular weight is 283 g/mol. The van der Waals surface area contributed by atoms with Crippen molar-refractivity contribution in [2.75, 3.05) is 5.73 Å². The molecule has 6 heteroatoms. The molecule has 0 aliphatic rings. The van der Waals surface area contributed by atoms with Crippen LogP contribution in [0.2, 0.25) is 0 Å². The van der Waals surface area contributed by atoms with Gasteiger partial charge in [-0.05, 0) is 32.0 Å². The number of anilines is 1. The number of benzene rings is 1. The molecule has 0 saturated carbocycles. The van der Waals surface area contributed by atoms with Crippen molar-refractivity contribution in [3.05, 3.63) is 53.7 Å². The largest absolute Gasteiger partial charge is 0.396 e. The van der Waals surface area contributed by atoms with Crippen molar-refractivity contribution in [3.63, 3.8) is 0 Å². The van der Waals surface area contributed by atoms with Crippen LogP contribution in [0, 0.1) is 19.7 Å². The summed E-state index contributed by atoms with van der Waals surface area (Å²) in [6.07, 6.45) is 1.59. The summed E-state index contributed by atoms with van der Waals surface area (Å²) >= 11 is 0. The lowest BCUT2D eigenvalue weighted by molar-refractivity contribution is 0.630. The molecule has 2 aromatic heterocycles. The van der Waals surface area contributed by atoms with Gasteiger partial charge in [-0.2, -0.15) is 5.10 Å². The summed E-state index contributed by atoms with van der Waals surface area (Å²) in [4.78, 5) is 8.63. The number of nitrogen functional groups attached to an aromatic ring is 1. The first-order valence-corrected chi connectivity index (χ1v) is 6.47. The molecule has 0 radical (unpaired) electrons. The molecule has 0 spiro atoms. The summed E-state index contributed by atoms with van der Waals surface area (Å²) in [6, 6.07) is 8.25. The Hall–Kier alpha value is -2.76. The number of hydrogen-bond acceptors (Lipinski definition) is 4. The summed E-state index contributed by atoms with van der Waals surface area (Å²) in [5.74, 6) is 0.0533. The second kappa shape index (κ2) is 4.97. The van der Waals surface area contributed by atoms with E-state index < -0.39 is 0 Å². The fraction of sp³-hybridized carbons (Fsp3) is 0.133. The third kappa shape index (κ3) is 2.47. The van der Waals surface area contributed by atoms with E-state index in [1.165, 1.54) is 10.7 Å². The van der Waals surface area contributed by atoms with E-state index in [1.54, 1.807) is 24.4 Å². The van der Waals surface area contributed by atoms with Gasteiger partial charge in [-0.3, -0.25) is 0 Å². The minimum absolute atomic E-state index is 0.359. The summed E-state index contributed by atoms with van der Waals surface area (Å²) < 4.78 is 15.3. The maximum absolute atomic E-state index is 13.9. The summed E-state index contributed by atoms with van der Waals surface area (Å²) in [7, 11) is 0. The molecule has 0 fully saturated rings. The number of aryl methyl sites for hydroxylation is 2. The molecule has 0 aliphatic carbocycles. The number of aromatic nitrogens is 4. The normalized spacial score (nSPS) is 10.8. The van der Waals surface area contributed by atoms with E-state index in [2.05, 4.69) is 15.1 Å². The van der Waals surface area contributed by atoms with Crippen LogP contribution in [0.15, 0.2) is 36.5 Å². The Labute approximate surface area is 121 Å². The Kier molecular flexibility index (Phi) is 3.13. The van der Waals surface area contributed by atoms with Crippen molar-refractivity contribution < 1.29 is 4.39 Å². The molecule has 0 atom stereocenters. The zero-order valence-electron chi connectivity index (χ0n) is 11.7. The molecule has 0 unspecified atom stereocenters. The van der Waals surface area contributed by atoms with Gasteiger partial charge < -0.3 is 5.73 Å². The molecule has 3 aromatic rings. The van der Waals surface area contributed by atoms with Crippen LogP contribution in [0.5, 0.6) is 0 Å². The van der Waals surface area contributed by atoms with Gasteiger partial charge in [-0.1, -0.05) is 12.1 Å². The number of rotatable bonds is 2. The maximum Gasteiger partial charge on any atom is 0.251 e. The molecule has 0 aliphatic heterocycles. The first kappa shape index (κ1) is 13.2. The van der Waals surface area contributed by atoms with E-state index >= 15 is 0 Å². The molecule has 0 bridgehead atoms. The third-order valence-corrected chi connectivity index (χ3v) is 3.05. The van der Waals surface area contributed by atoms with E-state index in [4.69, 9.17) is 5.73 Å². The SMILES string of the molecule is Cc1cc(C)nc(-n2cc(N)c(-c3ccccc3F)n2)n1. The molecular formula is C15H14FN5. The van der Waals surface area contributed by atoms with Crippen LogP contribution in [0.3, 0.4) is 0 Å². The minimum Gasteiger partial charge on any atom is -0.396 e. The molecule has 2 heterocycles. The van der Waals surface area contributed by atoms with Crippen molar-refractivity contribution >= 4 is 5.69 Å². The zero-order valence-corrected chi connectivity index (χ0v) is 11.7. The standard InChI is InChI=1S/C15H14FN5/c1-9-7-10(2)19-15(18-9)21-8-13(17)14(20-21)11-5-3-4-6-12(11)16/h3-8H,17H2,1-2H3. The molecule has 2 N–H and O–H groups in total. The van der Waals surface area contributed by atoms with Crippen LogP contribution in [0.25, 0.3) is 17.2 Å². The second-order valence-electron chi connectivity index (χ2n) is 4.81. The molecule has 3 rings (SSSR count). The van der Waals surface area contributed by atoms with E-state index in [0.29, 0.717) is 22.9 Å². The fourth-order valence-electron chi connectivity index (χ4n) is 2.16. The van der Waals surface area contributed by atoms with Gasteiger partial charge in [0.15, 0.2) is 0 Å². The van der Waals surface area contributed by atoms with E-state index in [1.807, 2.05) is 19.9 Å². The van der Waals surface area contributed by atoms with Gasteiger partial charge in [-0.15, -0.1) is 0 Å². The van der Waals surface area contributed by atoms with Crippen molar-refractivity contribution in [2.45, 2.75) is 13.8 Å². The number of nitrogens with two attached hydrogens (primary N) is 1. The number of hydrogen-bond donors (Lipinski definition) is 1. The van der Waals surface area contributed by atoms with Crippen LogP contribution in [-0.4, -0.2) is 19.7 Å². The van der Waals surface area contributed by atoms with Gasteiger partial charge >= 0.3 is 0 Å². The Balaban J connectivity index is 2.12. The Morgan fingerprint density at radius 1 is 1.10 bits per heavy atom. The molecule has 0 amide bonds. The van der Waals surface area contributed by atoms with E-state index in [0.717, 1.165) is 11.4 Å². The van der Waals surface area contributed by atoms with Gasteiger partial charge in [0.05, 0.1) is 11.9 Å². The van der Waals surface area contributed by atoms with E-state index in [-0.39, 0.29) is 5.82 Å². The van der Waals surface area contributed by atoms with Crippen LogP contribution in [0.4, 0.5) is 10.1 Å². The predicted octanol–water partition coefficient (Wildman–Crippen LogP) is 2.67. The fourth-order valence-corrected chi connectivity index (χ4v) is 2.16. The lowest BCUT2D eigenvalue weighted by atomic mass is 10.1. The van der Waals surface area contributed by atoms with Gasteiger partial charge in [0.1, 0.15) is 11.5 Å². The Morgan fingerprint density at radius 2 is 1.76 bits per heavy atom. The topological polar surface area (TPSA) is 69.6 Å².